The highest BCUT2D eigenvalue weighted by molar-refractivity contribution is 9.11. The van der Waals surface area contributed by atoms with Gasteiger partial charge >= 0.3 is 0 Å². The lowest BCUT2D eigenvalue weighted by Crippen LogP contribution is -2.13. The van der Waals surface area contributed by atoms with Crippen LogP contribution in [0.3, 0.4) is 0 Å². The molecular formula is C18H18Br2O. The van der Waals surface area contributed by atoms with Crippen LogP contribution in [0.2, 0.25) is 0 Å². The Balaban J connectivity index is 1.82. The van der Waals surface area contributed by atoms with E-state index in [0.717, 1.165) is 20.9 Å². The zero-order chi connectivity index (χ0) is 14.8. The third-order valence-corrected chi connectivity index (χ3v) is 5.53. The molecule has 1 aliphatic carbocycles. The van der Waals surface area contributed by atoms with E-state index < -0.39 is 6.10 Å². The summed E-state index contributed by atoms with van der Waals surface area (Å²) in [7, 11) is 0. The van der Waals surface area contributed by atoms with Crippen molar-refractivity contribution in [2.45, 2.75) is 37.7 Å². The Morgan fingerprint density at radius 3 is 2.81 bits per heavy atom. The standard InChI is InChI=1S/C18H18Br2O/c19-14-8-9-17(20)16(11-14)18(21)10-13-6-3-5-12-4-1-2-7-15(12)13/h1-2,4,7-9,11,13,18,21H,3,5-6,10H2. The van der Waals surface area contributed by atoms with Crippen LogP contribution in [0.5, 0.6) is 0 Å². The molecule has 2 aromatic carbocycles. The molecule has 110 valence electrons. The van der Waals surface area contributed by atoms with E-state index in [1.165, 1.54) is 30.4 Å². The van der Waals surface area contributed by atoms with Crippen LogP contribution in [-0.4, -0.2) is 5.11 Å². The highest BCUT2D eigenvalue weighted by atomic mass is 79.9. The number of hydrogen-bond acceptors (Lipinski definition) is 1. The van der Waals surface area contributed by atoms with E-state index in [2.05, 4.69) is 56.1 Å². The fraction of sp³-hybridized carbons (Fsp3) is 0.333. The van der Waals surface area contributed by atoms with E-state index in [1.54, 1.807) is 0 Å². The van der Waals surface area contributed by atoms with Gasteiger partial charge in [-0.1, -0.05) is 56.1 Å². The number of rotatable bonds is 3. The van der Waals surface area contributed by atoms with Crippen molar-refractivity contribution in [3.8, 4) is 0 Å². The molecular weight excluding hydrogens is 392 g/mol. The number of benzene rings is 2. The van der Waals surface area contributed by atoms with E-state index >= 15 is 0 Å². The highest BCUT2D eigenvalue weighted by Gasteiger charge is 2.24. The van der Waals surface area contributed by atoms with Crippen molar-refractivity contribution in [2.75, 3.05) is 0 Å². The van der Waals surface area contributed by atoms with E-state index in [-0.39, 0.29) is 0 Å². The monoisotopic (exact) mass is 408 g/mol. The maximum absolute atomic E-state index is 10.7. The van der Waals surface area contributed by atoms with Gasteiger partial charge in [-0.05, 0) is 66.5 Å². The summed E-state index contributed by atoms with van der Waals surface area (Å²) in [6.45, 7) is 0. The summed E-state index contributed by atoms with van der Waals surface area (Å²) in [5, 5.41) is 10.7. The number of hydrogen-bond donors (Lipinski definition) is 1. The number of aliphatic hydroxyl groups is 1. The van der Waals surface area contributed by atoms with Crippen molar-refractivity contribution < 1.29 is 5.11 Å². The smallest absolute Gasteiger partial charge is 0.0807 e. The van der Waals surface area contributed by atoms with Gasteiger partial charge in [-0.3, -0.25) is 0 Å². The minimum absolute atomic E-state index is 0.437. The zero-order valence-electron chi connectivity index (χ0n) is 11.7. The Morgan fingerprint density at radius 2 is 1.95 bits per heavy atom. The fourth-order valence-electron chi connectivity index (χ4n) is 3.27. The van der Waals surface area contributed by atoms with Crippen molar-refractivity contribution in [3.63, 3.8) is 0 Å². The second-order valence-electron chi connectivity index (χ2n) is 5.71. The van der Waals surface area contributed by atoms with Crippen molar-refractivity contribution in [2.24, 2.45) is 0 Å². The second-order valence-corrected chi connectivity index (χ2v) is 7.48. The molecule has 2 aromatic rings. The molecule has 3 heteroatoms. The van der Waals surface area contributed by atoms with Crippen LogP contribution in [-0.2, 0) is 6.42 Å². The number of fused-ring (bicyclic) bond motifs is 1. The molecule has 1 nitrogen and oxygen atoms in total. The molecule has 0 heterocycles. The lowest BCUT2D eigenvalue weighted by molar-refractivity contribution is 0.153. The van der Waals surface area contributed by atoms with Crippen LogP contribution in [0.25, 0.3) is 0 Å². The molecule has 0 saturated carbocycles. The van der Waals surface area contributed by atoms with Gasteiger partial charge in [0.05, 0.1) is 6.10 Å². The van der Waals surface area contributed by atoms with Crippen molar-refractivity contribution in [1.29, 1.82) is 0 Å². The molecule has 0 saturated heterocycles. The third kappa shape index (κ3) is 3.41. The Bertz CT molecular complexity index is 639. The molecule has 0 fully saturated rings. The van der Waals surface area contributed by atoms with Gasteiger partial charge in [0.25, 0.3) is 0 Å². The summed E-state index contributed by atoms with van der Waals surface area (Å²) in [6, 6.07) is 14.6. The van der Waals surface area contributed by atoms with Crippen molar-refractivity contribution in [3.05, 3.63) is 68.1 Å². The SMILES string of the molecule is OC(CC1CCCc2ccccc21)c1cc(Br)ccc1Br. The van der Waals surface area contributed by atoms with Gasteiger partial charge in [0.1, 0.15) is 0 Å². The average molecular weight is 410 g/mol. The first-order valence-electron chi connectivity index (χ1n) is 7.36. The summed E-state index contributed by atoms with van der Waals surface area (Å²) in [4.78, 5) is 0. The Labute approximate surface area is 142 Å². The second kappa shape index (κ2) is 6.64. The summed E-state index contributed by atoms with van der Waals surface area (Å²) in [6.07, 6.45) is 3.90. The van der Waals surface area contributed by atoms with E-state index in [4.69, 9.17) is 0 Å². The predicted octanol–water partition coefficient (Wildman–Crippen LogP) is 5.76. The first-order chi connectivity index (χ1) is 10.1. The maximum Gasteiger partial charge on any atom is 0.0807 e. The van der Waals surface area contributed by atoms with Gasteiger partial charge in [-0.15, -0.1) is 0 Å². The quantitative estimate of drug-likeness (QED) is 0.683. The van der Waals surface area contributed by atoms with E-state index in [9.17, 15) is 5.11 Å². The molecule has 1 aliphatic rings. The Hall–Kier alpha value is -0.640. The first-order valence-corrected chi connectivity index (χ1v) is 8.94. The van der Waals surface area contributed by atoms with Gasteiger partial charge in [0.15, 0.2) is 0 Å². The molecule has 3 rings (SSSR count). The Morgan fingerprint density at radius 1 is 1.14 bits per heavy atom. The summed E-state index contributed by atoms with van der Waals surface area (Å²) >= 11 is 7.03. The first kappa shape index (κ1) is 15.3. The topological polar surface area (TPSA) is 20.2 Å². The zero-order valence-corrected chi connectivity index (χ0v) is 14.9. The lowest BCUT2D eigenvalue weighted by Gasteiger charge is -2.27. The van der Waals surface area contributed by atoms with Crippen LogP contribution in [0, 0.1) is 0 Å². The largest absolute Gasteiger partial charge is 0.388 e. The molecule has 0 amide bonds. The van der Waals surface area contributed by atoms with E-state index in [0.29, 0.717) is 5.92 Å². The molecule has 0 spiro atoms. The maximum atomic E-state index is 10.7. The van der Waals surface area contributed by atoms with Gasteiger partial charge < -0.3 is 5.11 Å². The van der Waals surface area contributed by atoms with Gasteiger partial charge in [-0.2, -0.15) is 0 Å². The van der Waals surface area contributed by atoms with Crippen LogP contribution in [0.1, 0.15) is 48.0 Å². The van der Waals surface area contributed by atoms with Crippen LogP contribution in [0.4, 0.5) is 0 Å². The number of halogens is 2. The van der Waals surface area contributed by atoms with Crippen molar-refractivity contribution in [1.82, 2.24) is 0 Å². The van der Waals surface area contributed by atoms with Gasteiger partial charge in [0, 0.05) is 8.95 Å². The minimum atomic E-state index is -0.437. The fourth-order valence-corrected chi connectivity index (χ4v) is 4.16. The normalized spacial score (nSPS) is 19.1. The summed E-state index contributed by atoms with van der Waals surface area (Å²) < 4.78 is 1.98. The lowest BCUT2D eigenvalue weighted by atomic mass is 9.79. The van der Waals surface area contributed by atoms with Crippen LogP contribution in [0.15, 0.2) is 51.4 Å². The minimum Gasteiger partial charge on any atom is -0.388 e. The summed E-state index contributed by atoms with van der Waals surface area (Å²) in [5.41, 5.74) is 3.84. The van der Waals surface area contributed by atoms with E-state index in [1.807, 2.05) is 18.2 Å². The molecule has 1 N–H and O–H groups in total. The third-order valence-electron chi connectivity index (χ3n) is 4.32. The number of aryl methyl sites for hydroxylation is 1. The molecule has 0 aromatic heterocycles. The van der Waals surface area contributed by atoms with Crippen LogP contribution >= 0.6 is 31.9 Å². The molecule has 0 radical (unpaired) electrons. The Kier molecular flexibility index (Phi) is 4.82. The van der Waals surface area contributed by atoms with Gasteiger partial charge in [-0.25, -0.2) is 0 Å². The molecule has 2 atom stereocenters. The molecule has 0 bridgehead atoms. The molecule has 21 heavy (non-hydrogen) atoms. The molecule has 0 aliphatic heterocycles. The highest BCUT2D eigenvalue weighted by Crippen LogP contribution is 2.39. The van der Waals surface area contributed by atoms with Gasteiger partial charge in [0.2, 0.25) is 0 Å². The average Bonchev–Trinajstić information content (AvgIpc) is 2.50. The summed E-state index contributed by atoms with van der Waals surface area (Å²) in [5.74, 6) is 0.454. The predicted molar refractivity (Wildman–Crippen MR) is 93.5 cm³/mol. The molecule has 2 unspecified atom stereocenters. The number of aliphatic hydroxyl groups excluding tert-OH is 1. The van der Waals surface area contributed by atoms with Crippen molar-refractivity contribution >= 4 is 31.9 Å². The van der Waals surface area contributed by atoms with Crippen LogP contribution < -0.4 is 0 Å².